The Hall–Kier alpha value is -2.64. The van der Waals surface area contributed by atoms with Gasteiger partial charge in [0.15, 0.2) is 0 Å². The molecule has 1 aromatic heterocycles. The molecule has 1 saturated carbocycles. The van der Waals surface area contributed by atoms with Gasteiger partial charge in [-0.3, -0.25) is 19.2 Å². The normalized spacial score (nSPS) is 27.2. The molecule has 0 radical (unpaired) electrons. The van der Waals surface area contributed by atoms with Gasteiger partial charge in [-0.05, 0) is 37.7 Å². The van der Waals surface area contributed by atoms with Crippen LogP contribution in [0.5, 0.6) is 0 Å². The topological polar surface area (TPSA) is 91.7 Å². The fourth-order valence-electron chi connectivity index (χ4n) is 5.53. The Bertz CT molecular complexity index is 953. The summed E-state index contributed by atoms with van der Waals surface area (Å²) in [5, 5.41) is 3.05. The van der Waals surface area contributed by atoms with Crippen LogP contribution in [0.2, 0.25) is 0 Å². The SMILES string of the molecule is O=C(NC[C@H]1[C@H]2C[C@H](CN(C(=O)CCN3CCCC3=O)C2)c2cccc(=O)n21)C1CC1. The summed E-state index contributed by atoms with van der Waals surface area (Å²) in [6, 6.07) is 5.21. The molecule has 3 fully saturated rings. The second kappa shape index (κ2) is 8.13. The molecular weight excluding hydrogens is 396 g/mol. The van der Waals surface area contributed by atoms with E-state index in [1.54, 1.807) is 17.0 Å². The lowest BCUT2D eigenvalue weighted by Gasteiger charge is -2.47. The molecule has 8 heteroatoms. The van der Waals surface area contributed by atoms with Gasteiger partial charge in [-0.2, -0.15) is 0 Å². The average Bonchev–Trinajstić information content (AvgIpc) is 3.54. The van der Waals surface area contributed by atoms with Crippen molar-refractivity contribution < 1.29 is 14.4 Å². The van der Waals surface area contributed by atoms with E-state index in [4.69, 9.17) is 0 Å². The predicted octanol–water partition coefficient (Wildman–Crippen LogP) is 0.874. The van der Waals surface area contributed by atoms with E-state index in [1.807, 2.05) is 15.5 Å². The number of aromatic nitrogens is 1. The third-order valence-corrected chi connectivity index (χ3v) is 7.35. The first kappa shape index (κ1) is 20.3. The van der Waals surface area contributed by atoms with Crippen LogP contribution in [0.4, 0.5) is 0 Å². The van der Waals surface area contributed by atoms with Crippen LogP contribution in [0.15, 0.2) is 23.0 Å². The number of carbonyl (C=O) groups is 3. The highest BCUT2D eigenvalue weighted by Gasteiger charge is 2.42. The number of hydrogen-bond acceptors (Lipinski definition) is 4. The number of nitrogens with zero attached hydrogens (tertiary/aromatic N) is 3. The van der Waals surface area contributed by atoms with Gasteiger partial charge in [0.2, 0.25) is 17.7 Å². The van der Waals surface area contributed by atoms with E-state index in [0.29, 0.717) is 39.0 Å². The molecule has 1 aliphatic carbocycles. The lowest BCUT2D eigenvalue weighted by molar-refractivity contribution is -0.135. The van der Waals surface area contributed by atoms with Gasteiger partial charge in [-0.1, -0.05) is 6.07 Å². The highest BCUT2D eigenvalue weighted by atomic mass is 16.2. The summed E-state index contributed by atoms with van der Waals surface area (Å²) in [5.41, 5.74) is 0.923. The Morgan fingerprint density at radius 3 is 2.71 bits per heavy atom. The average molecular weight is 427 g/mol. The van der Waals surface area contributed by atoms with Crippen LogP contribution in [0, 0.1) is 11.8 Å². The minimum Gasteiger partial charge on any atom is -0.354 e. The van der Waals surface area contributed by atoms with Gasteiger partial charge in [0, 0.05) is 69.2 Å². The molecule has 3 atom stereocenters. The molecule has 4 heterocycles. The molecule has 0 spiro atoms. The third-order valence-electron chi connectivity index (χ3n) is 7.35. The van der Waals surface area contributed by atoms with E-state index in [9.17, 15) is 19.2 Å². The lowest BCUT2D eigenvalue weighted by atomic mass is 9.78. The highest BCUT2D eigenvalue weighted by Crippen LogP contribution is 2.41. The maximum Gasteiger partial charge on any atom is 0.251 e. The van der Waals surface area contributed by atoms with Crippen molar-refractivity contribution in [1.29, 1.82) is 0 Å². The zero-order chi connectivity index (χ0) is 21.5. The van der Waals surface area contributed by atoms with Crippen molar-refractivity contribution in [2.24, 2.45) is 11.8 Å². The van der Waals surface area contributed by atoms with Gasteiger partial charge in [-0.25, -0.2) is 0 Å². The zero-order valence-electron chi connectivity index (χ0n) is 17.8. The number of rotatable bonds is 6. The Kier molecular flexibility index (Phi) is 5.32. The van der Waals surface area contributed by atoms with Crippen LogP contribution >= 0.6 is 0 Å². The van der Waals surface area contributed by atoms with Crippen molar-refractivity contribution in [1.82, 2.24) is 19.7 Å². The number of piperidine rings is 1. The van der Waals surface area contributed by atoms with Crippen molar-refractivity contribution in [3.63, 3.8) is 0 Å². The van der Waals surface area contributed by atoms with Crippen LogP contribution in [0.25, 0.3) is 0 Å². The Morgan fingerprint density at radius 1 is 1.13 bits per heavy atom. The van der Waals surface area contributed by atoms with Gasteiger partial charge in [0.05, 0.1) is 6.04 Å². The van der Waals surface area contributed by atoms with Crippen LogP contribution in [-0.2, 0) is 14.4 Å². The van der Waals surface area contributed by atoms with Gasteiger partial charge in [-0.15, -0.1) is 0 Å². The smallest absolute Gasteiger partial charge is 0.251 e. The highest BCUT2D eigenvalue weighted by molar-refractivity contribution is 5.81. The number of amides is 3. The zero-order valence-corrected chi connectivity index (χ0v) is 17.8. The predicted molar refractivity (Wildman–Crippen MR) is 113 cm³/mol. The molecule has 166 valence electrons. The Balaban J connectivity index is 1.31. The van der Waals surface area contributed by atoms with Crippen LogP contribution < -0.4 is 10.9 Å². The van der Waals surface area contributed by atoms with Crippen molar-refractivity contribution in [3.8, 4) is 0 Å². The van der Waals surface area contributed by atoms with Crippen molar-refractivity contribution in [2.75, 3.05) is 32.7 Å². The number of likely N-dealkylation sites (tertiary alicyclic amines) is 2. The molecule has 8 nitrogen and oxygen atoms in total. The van der Waals surface area contributed by atoms with E-state index in [-0.39, 0.29) is 47.1 Å². The molecule has 31 heavy (non-hydrogen) atoms. The Labute approximate surface area is 181 Å². The van der Waals surface area contributed by atoms with Gasteiger partial charge >= 0.3 is 0 Å². The first-order valence-corrected chi connectivity index (χ1v) is 11.6. The van der Waals surface area contributed by atoms with E-state index < -0.39 is 0 Å². The standard InChI is InChI=1S/C23H30N4O4/c28-20-5-2-9-25(20)10-8-21(29)26-13-16-11-17(14-26)19(12-24-23(31)15-6-7-15)27-18(16)3-1-4-22(27)30/h1,3-4,15-17,19H,2,5-14H2,(H,24,31)/t16-,17+,19+/m1/s1. The minimum absolute atomic E-state index is 0.0369. The van der Waals surface area contributed by atoms with Crippen LogP contribution in [0.3, 0.4) is 0 Å². The van der Waals surface area contributed by atoms with Crippen molar-refractivity contribution in [2.45, 2.75) is 50.5 Å². The molecule has 1 aromatic rings. The minimum atomic E-state index is -0.140. The van der Waals surface area contributed by atoms with Gasteiger partial charge < -0.3 is 19.7 Å². The molecule has 1 N–H and O–H groups in total. The molecule has 5 rings (SSSR count). The summed E-state index contributed by atoms with van der Waals surface area (Å²) < 4.78 is 1.86. The Morgan fingerprint density at radius 2 is 1.97 bits per heavy atom. The molecule has 0 unspecified atom stereocenters. The summed E-state index contributed by atoms with van der Waals surface area (Å²) in [6.45, 7) is 2.85. The summed E-state index contributed by atoms with van der Waals surface area (Å²) in [7, 11) is 0. The molecular formula is C23H30N4O4. The molecule has 3 amide bonds. The second-order valence-electron chi connectivity index (χ2n) is 9.47. The number of hydrogen-bond donors (Lipinski definition) is 1. The molecule has 4 aliphatic rings. The summed E-state index contributed by atoms with van der Waals surface area (Å²) in [5.74, 6) is 0.668. The van der Waals surface area contributed by atoms with Crippen LogP contribution in [-0.4, -0.2) is 64.8 Å². The van der Waals surface area contributed by atoms with Crippen molar-refractivity contribution >= 4 is 17.7 Å². The quantitative estimate of drug-likeness (QED) is 0.731. The number of pyridine rings is 1. The number of carbonyl (C=O) groups excluding carboxylic acids is 3. The number of fused-ring (bicyclic) bond motifs is 4. The third kappa shape index (κ3) is 4.00. The fourth-order valence-corrected chi connectivity index (χ4v) is 5.53. The first-order chi connectivity index (χ1) is 15.0. The fraction of sp³-hybridized carbons (Fsp3) is 0.652. The van der Waals surface area contributed by atoms with E-state index in [2.05, 4.69) is 5.32 Å². The first-order valence-electron chi connectivity index (χ1n) is 11.6. The summed E-state index contributed by atoms with van der Waals surface area (Å²) in [6.07, 6.45) is 4.61. The molecule has 3 aliphatic heterocycles. The monoisotopic (exact) mass is 426 g/mol. The lowest BCUT2D eigenvalue weighted by Crippen LogP contribution is -2.53. The molecule has 0 aromatic carbocycles. The van der Waals surface area contributed by atoms with E-state index in [0.717, 1.165) is 37.9 Å². The van der Waals surface area contributed by atoms with E-state index in [1.165, 1.54) is 0 Å². The molecule has 2 bridgehead atoms. The summed E-state index contributed by atoms with van der Waals surface area (Å²) in [4.78, 5) is 53.5. The van der Waals surface area contributed by atoms with E-state index >= 15 is 0 Å². The maximum absolute atomic E-state index is 13.0. The van der Waals surface area contributed by atoms with Crippen LogP contribution in [0.1, 0.15) is 56.2 Å². The summed E-state index contributed by atoms with van der Waals surface area (Å²) >= 11 is 0. The van der Waals surface area contributed by atoms with Gasteiger partial charge in [0.1, 0.15) is 0 Å². The number of nitrogens with one attached hydrogen (secondary N) is 1. The van der Waals surface area contributed by atoms with Crippen molar-refractivity contribution in [3.05, 3.63) is 34.2 Å². The second-order valence-corrected chi connectivity index (χ2v) is 9.47. The maximum atomic E-state index is 13.0. The largest absolute Gasteiger partial charge is 0.354 e. The van der Waals surface area contributed by atoms with Gasteiger partial charge in [0.25, 0.3) is 5.56 Å². The molecule has 2 saturated heterocycles.